The highest BCUT2D eigenvalue weighted by molar-refractivity contribution is 5.33. The lowest BCUT2D eigenvalue weighted by molar-refractivity contribution is 0.102. The van der Waals surface area contributed by atoms with Gasteiger partial charge in [0.2, 0.25) is 0 Å². The van der Waals surface area contributed by atoms with Gasteiger partial charge in [-0.2, -0.15) is 0 Å². The van der Waals surface area contributed by atoms with Gasteiger partial charge in [0.1, 0.15) is 0 Å². The summed E-state index contributed by atoms with van der Waals surface area (Å²) in [5.41, 5.74) is 9.51. The second-order valence-corrected chi connectivity index (χ2v) is 6.48. The Bertz CT molecular complexity index is 443. The lowest BCUT2D eigenvalue weighted by atomic mass is 9.83. The summed E-state index contributed by atoms with van der Waals surface area (Å²) in [5, 5.41) is 0. The molecule has 2 aliphatic rings. The number of nitrogens with zero attached hydrogens (tertiary/aromatic N) is 1. The van der Waals surface area contributed by atoms with Crippen molar-refractivity contribution in [3.63, 3.8) is 0 Å². The van der Waals surface area contributed by atoms with Crippen LogP contribution < -0.4 is 5.73 Å². The van der Waals surface area contributed by atoms with E-state index in [4.69, 9.17) is 5.73 Å². The summed E-state index contributed by atoms with van der Waals surface area (Å²) >= 11 is 0. The molecule has 0 aromatic heterocycles. The van der Waals surface area contributed by atoms with Crippen LogP contribution >= 0.6 is 0 Å². The summed E-state index contributed by atoms with van der Waals surface area (Å²) < 4.78 is 0. The van der Waals surface area contributed by atoms with Crippen molar-refractivity contribution in [2.75, 3.05) is 6.54 Å². The molecule has 3 unspecified atom stereocenters. The topological polar surface area (TPSA) is 29.3 Å². The van der Waals surface area contributed by atoms with E-state index in [9.17, 15) is 0 Å². The van der Waals surface area contributed by atoms with Gasteiger partial charge in [-0.05, 0) is 49.8 Å². The summed E-state index contributed by atoms with van der Waals surface area (Å²) in [6.07, 6.45) is 9.20. The first-order valence-electron chi connectivity index (χ1n) is 8.40. The SMILES string of the molecule is CCC1CCCCCN1C1CCc2ccccc2C1N. The fourth-order valence-electron chi connectivity index (χ4n) is 4.22. The van der Waals surface area contributed by atoms with E-state index in [2.05, 4.69) is 36.1 Å². The Morgan fingerprint density at radius 2 is 2.00 bits per heavy atom. The van der Waals surface area contributed by atoms with Gasteiger partial charge >= 0.3 is 0 Å². The smallest absolute Gasteiger partial charge is 0.0456 e. The maximum atomic E-state index is 6.65. The zero-order valence-corrected chi connectivity index (χ0v) is 12.7. The van der Waals surface area contributed by atoms with Crippen LogP contribution in [-0.2, 0) is 6.42 Å². The maximum absolute atomic E-state index is 6.65. The van der Waals surface area contributed by atoms with E-state index < -0.39 is 0 Å². The van der Waals surface area contributed by atoms with Gasteiger partial charge in [0.15, 0.2) is 0 Å². The molecule has 1 aliphatic heterocycles. The van der Waals surface area contributed by atoms with Gasteiger partial charge in [-0.3, -0.25) is 4.90 Å². The third-order valence-corrected chi connectivity index (χ3v) is 5.36. The third-order valence-electron chi connectivity index (χ3n) is 5.36. The Hall–Kier alpha value is -0.860. The first kappa shape index (κ1) is 14.1. The van der Waals surface area contributed by atoms with E-state index in [0.29, 0.717) is 6.04 Å². The van der Waals surface area contributed by atoms with E-state index in [1.807, 2.05) is 0 Å². The van der Waals surface area contributed by atoms with Crippen molar-refractivity contribution in [1.82, 2.24) is 4.90 Å². The van der Waals surface area contributed by atoms with Crippen LogP contribution in [-0.4, -0.2) is 23.5 Å². The van der Waals surface area contributed by atoms with Crippen LogP contribution in [0.3, 0.4) is 0 Å². The minimum absolute atomic E-state index is 0.201. The van der Waals surface area contributed by atoms with Crippen LogP contribution in [0.2, 0.25) is 0 Å². The van der Waals surface area contributed by atoms with Crippen molar-refractivity contribution in [2.24, 2.45) is 5.73 Å². The predicted molar refractivity (Wildman–Crippen MR) is 84.7 cm³/mol. The van der Waals surface area contributed by atoms with E-state index in [-0.39, 0.29) is 6.04 Å². The highest BCUT2D eigenvalue weighted by Crippen LogP contribution is 2.34. The molecule has 0 saturated carbocycles. The molecule has 0 bridgehead atoms. The molecule has 1 heterocycles. The van der Waals surface area contributed by atoms with Gasteiger partial charge in [0.05, 0.1) is 0 Å². The maximum Gasteiger partial charge on any atom is 0.0456 e. The first-order chi connectivity index (χ1) is 9.81. The molecule has 0 spiro atoms. The number of aryl methyl sites for hydroxylation is 1. The lowest BCUT2D eigenvalue weighted by Crippen LogP contribution is -2.49. The minimum atomic E-state index is 0.201. The first-order valence-corrected chi connectivity index (χ1v) is 8.40. The minimum Gasteiger partial charge on any atom is -0.323 e. The number of likely N-dealkylation sites (tertiary alicyclic amines) is 1. The lowest BCUT2D eigenvalue weighted by Gasteiger charge is -2.42. The van der Waals surface area contributed by atoms with E-state index in [1.54, 1.807) is 0 Å². The Kier molecular flexibility index (Phi) is 4.42. The largest absolute Gasteiger partial charge is 0.323 e. The fraction of sp³-hybridized carbons (Fsp3) is 0.667. The summed E-state index contributed by atoms with van der Waals surface area (Å²) in [4.78, 5) is 2.76. The standard InChI is InChI=1S/C18H28N2/c1-2-15-9-4-3-7-13-20(15)17-12-11-14-8-5-6-10-16(14)18(17)19/h5-6,8,10,15,17-18H,2-4,7,9,11-13,19H2,1H3. The number of fused-ring (bicyclic) bond motifs is 1. The van der Waals surface area contributed by atoms with Gasteiger partial charge in [0, 0.05) is 18.1 Å². The Balaban J connectivity index is 1.83. The van der Waals surface area contributed by atoms with E-state index in [0.717, 1.165) is 6.04 Å². The van der Waals surface area contributed by atoms with Crippen LogP contribution in [0.15, 0.2) is 24.3 Å². The van der Waals surface area contributed by atoms with Gasteiger partial charge in [0.25, 0.3) is 0 Å². The molecule has 2 N–H and O–H groups in total. The molecule has 2 nitrogen and oxygen atoms in total. The van der Waals surface area contributed by atoms with E-state index in [1.165, 1.54) is 62.6 Å². The molecule has 1 saturated heterocycles. The molecule has 1 fully saturated rings. The van der Waals surface area contributed by atoms with Crippen molar-refractivity contribution in [3.05, 3.63) is 35.4 Å². The zero-order chi connectivity index (χ0) is 13.9. The molecule has 2 heteroatoms. The van der Waals surface area contributed by atoms with Crippen LogP contribution in [0.5, 0.6) is 0 Å². The molecule has 3 atom stereocenters. The molecular formula is C18H28N2. The molecule has 0 radical (unpaired) electrons. The number of nitrogens with two attached hydrogens (primary N) is 1. The van der Waals surface area contributed by atoms with Crippen molar-refractivity contribution >= 4 is 0 Å². The van der Waals surface area contributed by atoms with Crippen LogP contribution in [0.25, 0.3) is 0 Å². The molecule has 0 amide bonds. The normalized spacial score (nSPS) is 31.6. The van der Waals surface area contributed by atoms with Gasteiger partial charge in [-0.15, -0.1) is 0 Å². The molecule has 1 aliphatic carbocycles. The molecule has 3 rings (SSSR count). The molecule has 20 heavy (non-hydrogen) atoms. The average molecular weight is 272 g/mol. The Labute approximate surface area is 123 Å². The quantitative estimate of drug-likeness (QED) is 0.890. The molecule has 110 valence electrons. The summed E-state index contributed by atoms with van der Waals surface area (Å²) in [6, 6.07) is 10.3. The fourth-order valence-corrected chi connectivity index (χ4v) is 4.22. The predicted octanol–water partition coefficient (Wildman–Crippen LogP) is 3.66. The monoisotopic (exact) mass is 272 g/mol. The van der Waals surface area contributed by atoms with Crippen LogP contribution in [0, 0.1) is 0 Å². The van der Waals surface area contributed by atoms with Gasteiger partial charge < -0.3 is 5.73 Å². The number of hydrogen-bond donors (Lipinski definition) is 1. The van der Waals surface area contributed by atoms with Gasteiger partial charge in [-0.25, -0.2) is 0 Å². The number of benzene rings is 1. The van der Waals surface area contributed by atoms with Crippen LogP contribution in [0.4, 0.5) is 0 Å². The summed E-state index contributed by atoms with van der Waals surface area (Å²) in [6.45, 7) is 3.59. The molecule has 1 aromatic rings. The number of hydrogen-bond acceptors (Lipinski definition) is 2. The van der Waals surface area contributed by atoms with Crippen molar-refractivity contribution in [3.8, 4) is 0 Å². The second-order valence-electron chi connectivity index (χ2n) is 6.48. The van der Waals surface area contributed by atoms with Crippen molar-refractivity contribution in [2.45, 2.75) is 70.0 Å². The Morgan fingerprint density at radius 1 is 1.15 bits per heavy atom. The highest BCUT2D eigenvalue weighted by Gasteiger charge is 2.34. The van der Waals surface area contributed by atoms with E-state index >= 15 is 0 Å². The average Bonchev–Trinajstić information content (AvgIpc) is 2.73. The summed E-state index contributed by atoms with van der Waals surface area (Å²) in [5.74, 6) is 0. The number of rotatable bonds is 2. The van der Waals surface area contributed by atoms with Crippen LogP contribution in [0.1, 0.15) is 62.6 Å². The highest BCUT2D eigenvalue weighted by atomic mass is 15.2. The Morgan fingerprint density at radius 3 is 2.85 bits per heavy atom. The van der Waals surface area contributed by atoms with Crippen molar-refractivity contribution < 1.29 is 0 Å². The third kappa shape index (κ3) is 2.64. The molecule has 1 aromatic carbocycles. The zero-order valence-electron chi connectivity index (χ0n) is 12.7. The van der Waals surface area contributed by atoms with Crippen molar-refractivity contribution in [1.29, 1.82) is 0 Å². The molecular weight excluding hydrogens is 244 g/mol. The van der Waals surface area contributed by atoms with Gasteiger partial charge in [-0.1, -0.05) is 44.0 Å². The summed E-state index contributed by atoms with van der Waals surface area (Å²) in [7, 11) is 0. The second kappa shape index (κ2) is 6.28.